The number of hydrogen-bond acceptors (Lipinski definition) is 1. The third-order valence-electron chi connectivity index (χ3n) is 3.23. The van der Waals surface area contributed by atoms with Gasteiger partial charge in [-0.2, -0.15) is 0 Å². The first-order valence-electron chi connectivity index (χ1n) is 7.01. The summed E-state index contributed by atoms with van der Waals surface area (Å²) in [5, 5.41) is 4.46. The Morgan fingerprint density at radius 3 is 2.56 bits per heavy atom. The van der Waals surface area contributed by atoms with Crippen molar-refractivity contribution in [1.82, 2.24) is 5.32 Å². The van der Waals surface area contributed by atoms with Gasteiger partial charge < -0.3 is 5.32 Å². The highest BCUT2D eigenvalue weighted by Crippen LogP contribution is 2.22. The van der Waals surface area contributed by atoms with Crippen LogP contribution in [0.3, 0.4) is 0 Å². The Bertz CT molecular complexity index is 360. The number of benzene rings is 1. The summed E-state index contributed by atoms with van der Waals surface area (Å²) in [6.45, 7) is 9.80. The number of halogens is 1. The predicted molar refractivity (Wildman–Crippen MR) is 81.4 cm³/mol. The molecule has 1 nitrogen and oxygen atoms in total. The van der Waals surface area contributed by atoms with Gasteiger partial charge in [-0.25, -0.2) is 0 Å². The van der Waals surface area contributed by atoms with Crippen LogP contribution in [0.25, 0.3) is 0 Å². The van der Waals surface area contributed by atoms with Crippen LogP contribution in [0.5, 0.6) is 0 Å². The number of hydrogen-bond donors (Lipinski definition) is 1. The van der Waals surface area contributed by atoms with Crippen molar-refractivity contribution >= 4 is 11.6 Å². The molecule has 0 radical (unpaired) electrons. The zero-order chi connectivity index (χ0) is 13.5. The first kappa shape index (κ1) is 15.5. The van der Waals surface area contributed by atoms with E-state index in [0.29, 0.717) is 12.0 Å². The third-order valence-corrected chi connectivity index (χ3v) is 3.58. The van der Waals surface area contributed by atoms with Crippen molar-refractivity contribution in [2.24, 2.45) is 5.92 Å². The molecule has 1 aromatic carbocycles. The van der Waals surface area contributed by atoms with Crippen LogP contribution in [-0.4, -0.2) is 12.6 Å². The lowest BCUT2D eigenvalue weighted by molar-refractivity contribution is 0.418. The first-order valence-corrected chi connectivity index (χ1v) is 7.39. The van der Waals surface area contributed by atoms with Crippen molar-refractivity contribution in [2.75, 3.05) is 6.54 Å². The summed E-state index contributed by atoms with van der Waals surface area (Å²) >= 11 is 6.32. The molecule has 102 valence electrons. The topological polar surface area (TPSA) is 12.0 Å². The van der Waals surface area contributed by atoms with Gasteiger partial charge in [-0.3, -0.25) is 0 Å². The summed E-state index contributed by atoms with van der Waals surface area (Å²) in [7, 11) is 0. The van der Waals surface area contributed by atoms with Crippen LogP contribution >= 0.6 is 11.6 Å². The van der Waals surface area contributed by atoms with E-state index in [-0.39, 0.29) is 0 Å². The van der Waals surface area contributed by atoms with Gasteiger partial charge in [0.05, 0.1) is 0 Å². The van der Waals surface area contributed by atoms with E-state index < -0.39 is 0 Å². The van der Waals surface area contributed by atoms with E-state index in [0.717, 1.165) is 18.0 Å². The molecule has 2 heteroatoms. The second-order valence-corrected chi connectivity index (χ2v) is 5.92. The van der Waals surface area contributed by atoms with E-state index in [1.54, 1.807) is 0 Å². The number of rotatable bonds is 7. The standard InChI is InChI=1S/C16H26ClN/c1-5-6-14(11-18-12(2)3)10-15-8-7-13(4)9-16(15)17/h7-9,12,14,18H,5-6,10-11H2,1-4H3. The van der Waals surface area contributed by atoms with E-state index in [9.17, 15) is 0 Å². The molecule has 0 bridgehead atoms. The van der Waals surface area contributed by atoms with Gasteiger partial charge in [0.15, 0.2) is 0 Å². The molecule has 0 fully saturated rings. The molecular weight excluding hydrogens is 242 g/mol. The van der Waals surface area contributed by atoms with E-state index in [1.807, 2.05) is 0 Å². The predicted octanol–water partition coefficient (Wildman–Crippen LogP) is 4.61. The van der Waals surface area contributed by atoms with Crippen molar-refractivity contribution in [1.29, 1.82) is 0 Å². The van der Waals surface area contributed by atoms with Crippen molar-refractivity contribution in [2.45, 2.75) is 53.0 Å². The Morgan fingerprint density at radius 2 is 2.00 bits per heavy atom. The maximum absolute atomic E-state index is 6.32. The molecule has 1 unspecified atom stereocenters. The molecule has 1 rings (SSSR count). The normalized spacial score (nSPS) is 13.0. The third kappa shape index (κ3) is 5.41. The molecule has 1 aromatic rings. The Hall–Kier alpha value is -0.530. The largest absolute Gasteiger partial charge is 0.314 e. The molecule has 1 atom stereocenters. The van der Waals surface area contributed by atoms with Crippen LogP contribution in [-0.2, 0) is 6.42 Å². The number of aryl methyl sites for hydroxylation is 1. The van der Waals surface area contributed by atoms with Gasteiger partial charge in [-0.05, 0) is 49.4 Å². The average molecular weight is 268 g/mol. The van der Waals surface area contributed by atoms with Crippen molar-refractivity contribution in [3.05, 3.63) is 34.3 Å². The SMILES string of the molecule is CCCC(CNC(C)C)Cc1ccc(C)cc1Cl. The van der Waals surface area contributed by atoms with Crippen LogP contribution in [0.1, 0.15) is 44.7 Å². The maximum Gasteiger partial charge on any atom is 0.0440 e. The minimum atomic E-state index is 0.554. The molecule has 0 heterocycles. The molecule has 0 aliphatic rings. The monoisotopic (exact) mass is 267 g/mol. The molecular formula is C16H26ClN. The molecule has 0 saturated carbocycles. The maximum atomic E-state index is 6.32. The molecule has 0 amide bonds. The minimum Gasteiger partial charge on any atom is -0.314 e. The fourth-order valence-electron chi connectivity index (χ4n) is 2.22. The summed E-state index contributed by atoms with van der Waals surface area (Å²) in [5.74, 6) is 0.678. The Morgan fingerprint density at radius 1 is 1.28 bits per heavy atom. The molecule has 18 heavy (non-hydrogen) atoms. The Kier molecular flexibility index (Phi) is 6.73. The lowest BCUT2D eigenvalue weighted by Crippen LogP contribution is -2.30. The van der Waals surface area contributed by atoms with Crippen molar-refractivity contribution in [3.8, 4) is 0 Å². The Labute approximate surface area is 117 Å². The van der Waals surface area contributed by atoms with E-state index in [4.69, 9.17) is 11.6 Å². The van der Waals surface area contributed by atoms with Gasteiger partial charge in [0, 0.05) is 11.1 Å². The molecule has 0 spiro atoms. The summed E-state index contributed by atoms with van der Waals surface area (Å²) < 4.78 is 0. The molecule has 0 aliphatic carbocycles. The second kappa shape index (κ2) is 7.81. The zero-order valence-corrected chi connectivity index (χ0v) is 12.8. The van der Waals surface area contributed by atoms with Crippen LogP contribution in [0, 0.1) is 12.8 Å². The highest BCUT2D eigenvalue weighted by Gasteiger charge is 2.11. The minimum absolute atomic E-state index is 0.554. The summed E-state index contributed by atoms with van der Waals surface area (Å²) in [6, 6.07) is 6.95. The highest BCUT2D eigenvalue weighted by atomic mass is 35.5. The fraction of sp³-hybridized carbons (Fsp3) is 0.625. The van der Waals surface area contributed by atoms with Crippen molar-refractivity contribution < 1.29 is 0 Å². The highest BCUT2D eigenvalue weighted by molar-refractivity contribution is 6.31. The van der Waals surface area contributed by atoms with Gasteiger partial charge in [-0.15, -0.1) is 0 Å². The van der Waals surface area contributed by atoms with Gasteiger partial charge >= 0.3 is 0 Å². The van der Waals surface area contributed by atoms with Crippen LogP contribution in [0.15, 0.2) is 18.2 Å². The fourth-order valence-corrected chi connectivity index (χ4v) is 2.53. The second-order valence-electron chi connectivity index (χ2n) is 5.52. The summed E-state index contributed by atoms with van der Waals surface area (Å²) in [5.41, 5.74) is 2.52. The van der Waals surface area contributed by atoms with Gasteiger partial charge in [0.1, 0.15) is 0 Å². The zero-order valence-electron chi connectivity index (χ0n) is 12.1. The quantitative estimate of drug-likeness (QED) is 0.761. The lowest BCUT2D eigenvalue weighted by atomic mass is 9.94. The molecule has 1 N–H and O–H groups in total. The van der Waals surface area contributed by atoms with Crippen LogP contribution in [0.4, 0.5) is 0 Å². The van der Waals surface area contributed by atoms with Gasteiger partial charge in [-0.1, -0.05) is 50.9 Å². The van der Waals surface area contributed by atoms with Crippen LogP contribution < -0.4 is 5.32 Å². The smallest absolute Gasteiger partial charge is 0.0440 e. The lowest BCUT2D eigenvalue weighted by Gasteiger charge is -2.19. The molecule has 0 aromatic heterocycles. The van der Waals surface area contributed by atoms with E-state index >= 15 is 0 Å². The van der Waals surface area contributed by atoms with Gasteiger partial charge in [0.2, 0.25) is 0 Å². The Balaban J connectivity index is 2.64. The van der Waals surface area contributed by atoms with Crippen LogP contribution in [0.2, 0.25) is 5.02 Å². The van der Waals surface area contributed by atoms with E-state index in [1.165, 1.54) is 24.0 Å². The summed E-state index contributed by atoms with van der Waals surface area (Å²) in [4.78, 5) is 0. The van der Waals surface area contributed by atoms with Crippen molar-refractivity contribution in [3.63, 3.8) is 0 Å². The summed E-state index contributed by atoms with van der Waals surface area (Å²) in [6.07, 6.45) is 3.56. The molecule has 0 aliphatic heterocycles. The number of nitrogens with one attached hydrogen (secondary N) is 1. The average Bonchev–Trinajstić information content (AvgIpc) is 2.29. The first-order chi connectivity index (χ1) is 8.52. The molecule has 0 saturated heterocycles. The van der Waals surface area contributed by atoms with E-state index in [2.05, 4.69) is 51.2 Å². The van der Waals surface area contributed by atoms with Gasteiger partial charge in [0.25, 0.3) is 0 Å².